The van der Waals surface area contributed by atoms with Gasteiger partial charge in [-0.05, 0) is 18.2 Å². The van der Waals surface area contributed by atoms with Crippen molar-refractivity contribution in [1.29, 1.82) is 0 Å². The Hall–Kier alpha value is -0.970. The van der Waals surface area contributed by atoms with Gasteiger partial charge in [0.2, 0.25) is 0 Å². The number of benzene rings is 1. The highest BCUT2D eigenvalue weighted by Gasteiger charge is 2.33. The smallest absolute Gasteiger partial charge is 0.329 e. The molecule has 0 aliphatic rings. The van der Waals surface area contributed by atoms with Gasteiger partial charge in [0.25, 0.3) is 0 Å². The van der Waals surface area contributed by atoms with Crippen LogP contribution in [0.2, 0.25) is 0 Å². The molecule has 0 radical (unpaired) electrons. The Bertz CT molecular complexity index is 355. The molecular formula is C9H8BrF2NO. The second-order valence-electron chi connectivity index (χ2n) is 2.68. The summed E-state index contributed by atoms with van der Waals surface area (Å²) in [6.45, 7) is 0. The van der Waals surface area contributed by atoms with E-state index in [1.165, 1.54) is 19.2 Å². The maximum atomic E-state index is 13.1. The summed E-state index contributed by atoms with van der Waals surface area (Å²) in [4.78, 5) is 10.2. The maximum Gasteiger partial charge on any atom is 0.329 e. The first kappa shape index (κ1) is 11.1. The fourth-order valence-corrected chi connectivity index (χ4v) is 1.43. The van der Waals surface area contributed by atoms with Gasteiger partial charge in [0.1, 0.15) is 0 Å². The molecule has 1 aromatic rings. The number of carbonyl (C=O) groups is 1. The second-order valence-corrected chi connectivity index (χ2v) is 3.60. The number of rotatable bonds is 3. The zero-order valence-corrected chi connectivity index (χ0v) is 8.94. The molecule has 0 atom stereocenters. The number of hydrogen-bond donors (Lipinski definition) is 1. The van der Waals surface area contributed by atoms with Crippen molar-refractivity contribution < 1.29 is 13.6 Å². The standard InChI is InChI=1S/C9H8BrF2NO/c1-13-8-3-2-6(10)4-7(8)9(11,12)5-14/h2-5,13H,1H3. The van der Waals surface area contributed by atoms with E-state index in [9.17, 15) is 13.6 Å². The molecule has 5 heteroatoms. The number of nitrogens with one attached hydrogen (secondary N) is 1. The molecule has 0 fully saturated rings. The molecule has 0 aliphatic heterocycles. The lowest BCUT2D eigenvalue weighted by molar-refractivity contribution is -0.130. The summed E-state index contributed by atoms with van der Waals surface area (Å²) in [7, 11) is 1.52. The van der Waals surface area contributed by atoms with Gasteiger partial charge in [0.05, 0.1) is 5.56 Å². The Balaban J connectivity index is 3.30. The fraction of sp³-hybridized carbons (Fsp3) is 0.222. The topological polar surface area (TPSA) is 29.1 Å². The normalized spacial score (nSPS) is 11.1. The van der Waals surface area contributed by atoms with Gasteiger partial charge < -0.3 is 5.32 Å². The molecule has 0 aliphatic carbocycles. The molecule has 14 heavy (non-hydrogen) atoms. The number of alkyl halides is 2. The van der Waals surface area contributed by atoms with Gasteiger partial charge in [-0.2, -0.15) is 8.78 Å². The van der Waals surface area contributed by atoms with Crippen LogP contribution in [0.25, 0.3) is 0 Å². The first-order valence-corrected chi connectivity index (χ1v) is 4.62. The first-order chi connectivity index (χ1) is 6.51. The van der Waals surface area contributed by atoms with Crippen LogP contribution in [-0.2, 0) is 10.7 Å². The zero-order valence-electron chi connectivity index (χ0n) is 7.35. The van der Waals surface area contributed by atoms with Crippen molar-refractivity contribution in [3.05, 3.63) is 28.2 Å². The Morgan fingerprint density at radius 3 is 2.64 bits per heavy atom. The molecule has 0 unspecified atom stereocenters. The number of hydrogen-bond acceptors (Lipinski definition) is 2. The molecule has 0 amide bonds. The van der Waals surface area contributed by atoms with Crippen molar-refractivity contribution >= 4 is 27.9 Å². The van der Waals surface area contributed by atoms with Crippen LogP contribution in [0.15, 0.2) is 22.7 Å². The van der Waals surface area contributed by atoms with Crippen LogP contribution in [0.1, 0.15) is 5.56 Å². The van der Waals surface area contributed by atoms with Crippen LogP contribution in [0.3, 0.4) is 0 Å². The summed E-state index contributed by atoms with van der Waals surface area (Å²) >= 11 is 3.07. The third kappa shape index (κ3) is 2.09. The quantitative estimate of drug-likeness (QED) is 0.850. The lowest BCUT2D eigenvalue weighted by atomic mass is 10.1. The second kappa shape index (κ2) is 4.04. The Kier molecular flexibility index (Phi) is 3.21. The molecule has 0 bridgehead atoms. The van der Waals surface area contributed by atoms with Crippen molar-refractivity contribution in [3.8, 4) is 0 Å². The minimum Gasteiger partial charge on any atom is -0.388 e. The Labute approximate surface area is 88.4 Å². The largest absolute Gasteiger partial charge is 0.388 e. The van der Waals surface area contributed by atoms with E-state index in [0.717, 1.165) is 0 Å². The number of aldehydes is 1. The minimum absolute atomic E-state index is 0.241. The summed E-state index contributed by atoms with van der Waals surface area (Å²) in [6.07, 6.45) is -0.365. The summed E-state index contributed by atoms with van der Waals surface area (Å²) in [5.74, 6) is -3.46. The molecular weight excluding hydrogens is 256 g/mol. The van der Waals surface area contributed by atoms with E-state index in [1.807, 2.05) is 0 Å². The molecule has 1 N–H and O–H groups in total. The number of carbonyl (C=O) groups excluding carboxylic acids is 1. The number of anilines is 1. The molecule has 0 spiro atoms. The Morgan fingerprint density at radius 2 is 2.14 bits per heavy atom. The van der Waals surface area contributed by atoms with Crippen LogP contribution in [0, 0.1) is 0 Å². The molecule has 0 saturated heterocycles. The summed E-state index contributed by atoms with van der Waals surface area (Å²) in [6, 6.07) is 4.33. The van der Waals surface area contributed by atoms with E-state index < -0.39 is 5.92 Å². The van der Waals surface area contributed by atoms with E-state index in [-0.39, 0.29) is 17.5 Å². The average molecular weight is 264 g/mol. The molecule has 0 saturated carbocycles. The van der Waals surface area contributed by atoms with E-state index in [0.29, 0.717) is 4.47 Å². The van der Waals surface area contributed by atoms with Gasteiger partial charge in [-0.1, -0.05) is 15.9 Å². The van der Waals surface area contributed by atoms with Crippen molar-refractivity contribution in [3.63, 3.8) is 0 Å². The highest BCUT2D eigenvalue weighted by Crippen LogP contribution is 2.33. The zero-order chi connectivity index (χ0) is 10.8. The van der Waals surface area contributed by atoms with Crippen molar-refractivity contribution in [2.24, 2.45) is 0 Å². The molecule has 0 aromatic heterocycles. The average Bonchev–Trinajstić information content (AvgIpc) is 2.18. The van der Waals surface area contributed by atoms with Crippen molar-refractivity contribution in [2.45, 2.75) is 5.92 Å². The lowest BCUT2D eigenvalue weighted by Crippen LogP contribution is -2.16. The van der Waals surface area contributed by atoms with Crippen LogP contribution in [0.5, 0.6) is 0 Å². The van der Waals surface area contributed by atoms with E-state index >= 15 is 0 Å². The van der Waals surface area contributed by atoms with Gasteiger partial charge in [-0.15, -0.1) is 0 Å². The van der Waals surface area contributed by atoms with Crippen molar-refractivity contribution in [2.75, 3.05) is 12.4 Å². The van der Waals surface area contributed by atoms with Gasteiger partial charge in [-0.3, -0.25) is 4.79 Å². The lowest BCUT2D eigenvalue weighted by Gasteiger charge is -2.14. The van der Waals surface area contributed by atoms with E-state index in [4.69, 9.17) is 0 Å². The molecule has 76 valence electrons. The van der Waals surface area contributed by atoms with Crippen LogP contribution in [0.4, 0.5) is 14.5 Å². The third-order valence-corrected chi connectivity index (χ3v) is 2.25. The molecule has 0 heterocycles. The van der Waals surface area contributed by atoms with Crippen LogP contribution in [-0.4, -0.2) is 13.3 Å². The van der Waals surface area contributed by atoms with Crippen molar-refractivity contribution in [1.82, 2.24) is 0 Å². The monoisotopic (exact) mass is 263 g/mol. The SMILES string of the molecule is CNc1ccc(Br)cc1C(F)(F)C=O. The molecule has 2 nitrogen and oxygen atoms in total. The summed E-state index contributed by atoms with van der Waals surface area (Å²) in [5, 5.41) is 2.60. The van der Waals surface area contributed by atoms with Gasteiger partial charge in [-0.25, -0.2) is 0 Å². The van der Waals surface area contributed by atoms with Crippen LogP contribution < -0.4 is 5.32 Å². The third-order valence-electron chi connectivity index (χ3n) is 1.76. The first-order valence-electron chi connectivity index (χ1n) is 3.83. The van der Waals surface area contributed by atoms with E-state index in [1.54, 1.807) is 6.07 Å². The highest BCUT2D eigenvalue weighted by molar-refractivity contribution is 9.10. The number of halogens is 3. The molecule has 1 aromatic carbocycles. The Morgan fingerprint density at radius 1 is 1.50 bits per heavy atom. The minimum atomic E-state index is -3.46. The predicted octanol–water partition coefficient (Wildman–Crippen LogP) is 2.78. The molecule has 1 rings (SSSR count). The van der Waals surface area contributed by atoms with Gasteiger partial charge >= 0.3 is 5.92 Å². The summed E-state index contributed by atoms with van der Waals surface area (Å²) in [5.41, 5.74) is -0.0883. The highest BCUT2D eigenvalue weighted by atomic mass is 79.9. The summed E-state index contributed by atoms with van der Waals surface area (Å²) < 4.78 is 26.7. The fourth-order valence-electron chi connectivity index (χ4n) is 1.07. The van der Waals surface area contributed by atoms with Crippen LogP contribution >= 0.6 is 15.9 Å². The van der Waals surface area contributed by atoms with E-state index in [2.05, 4.69) is 21.2 Å². The maximum absolute atomic E-state index is 13.1. The van der Waals surface area contributed by atoms with Gasteiger partial charge in [0, 0.05) is 17.2 Å². The predicted molar refractivity (Wildman–Crippen MR) is 53.6 cm³/mol. The van der Waals surface area contributed by atoms with Gasteiger partial charge in [0.15, 0.2) is 6.29 Å².